The highest BCUT2D eigenvalue weighted by Crippen LogP contribution is 2.28. The van der Waals surface area contributed by atoms with Gasteiger partial charge in [0.15, 0.2) is 0 Å². The molecule has 24 heavy (non-hydrogen) atoms. The van der Waals surface area contributed by atoms with Crippen molar-refractivity contribution < 1.29 is 4.79 Å². The molecule has 126 valence electrons. The number of anilines is 1. The monoisotopic (exact) mass is 342 g/mol. The Bertz CT molecular complexity index is 744. The first-order valence-corrected chi connectivity index (χ1v) is 9.46. The molecule has 0 spiro atoms. The summed E-state index contributed by atoms with van der Waals surface area (Å²) in [7, 11) is 0. The van der Waals surface area contributed by atoms with Gasteiger partial charge in [-0.3, -0.25) is 9.78 Å². The second kappa shape index (κ2) is 6.51. The molecule has 0 N–H and O–H groups in total. The normalized spacial score (nSPS) is 20.8. The molecule has 4 heterocycles. The Morgan fingerprint density at radius 3 is 3.12 bits per heavy atom. The van der Waals surface area contributed by atoms with Crippen LogP contribution in [0.25, 0.3) is 0 Å². The molecule has 6 heteroatoms. The fraction of sp³-hybridized carbons (Fsp3) is 0.500. The minimum absolute atomic E-state index is 0.0706. The Hall–Kier alpha value is -1.95. The van der Waals surface area contributed by atoms with Crippen molar-refractivity contribution in [3.05, 3.63) is 40.0 Å². The number of aryl methyl sites for hydroxylation is 1. The molecule has 0 aliphatic carbocycles. The molecule has 1 amide bonds. The molecule has 1 saturated heterocycles. The van der Waals surface area contributed by atoms with E-state index in [2.05, 4.69) is 26.3 Å². The summed E-state index contributed by atoms with van der Waals surface area (Å²) in [5.74, 6) is 1.27. The van der Waals surface area contributed by atoms with Crippen LogP contribution in [-0.2, 0) is 17.8 Å². The van der Waals surface area contributed by atoms with Crippen LogP contribution in [0.5, 0.6) is 0 Å². The molecule has 0 aromatic carbocycles. The van der Waals surface area contributed by atoms with Crippen molar-refractivity contribution in [2.75, 3.05) is 24.5 Å². The van der Waals surface area contributed by atoms with Crippen LogP contribution < -0.4 is 4.90 Å². The Balaban J connectivity index is 1.45. The van der Waals surface area contributed by atoms with Crippen LogP contribution in [0.2, 0.25) is 0 Å². The van der Waals surface area contributed by atoms with Crippen molar-refractivity contribution in [1.82, 2.24) is 14.9 Å². The third kappa shape index (κ3) is 3.02. The Morgan fingerprint density at radius 2 is 2.25 bits per heavy atom. The number of fused-ring (bicyclic) bond motifs is 1. The molecule has 1 fully saturated rings. The lowest BCUT2D eigenvalue weighted by Gasteiger charge is -2.36. The van der Waals surface area contributed by atoms with Gasteiger partial charge in [0.1, 0.15) is 5.82 Å². The quantitative estimate of drug-likeness (QED) is 0.842. The molecule has 2 aliphatic heterocycles. The molecule has 0 radical (unpaired) electrons. The van der Waals surface area contributed by atoms with Crippen LogP contribution in [0.4, 0.5) is 5.82 Å². The van der Waals surface area contributed by atoms with Crippen LogP contribution in [0.1, 0.15) is 29.0 Å². The van der Waals surface area contributed by atoms with E-state index in [0.717, 1.165) is 57.0 Å². The average molecular weight is 342 g/mol. The highest BCUT2D eigenvalue weighted by molar-refractivity contribution is 7.10. The summed E-state index contributed by atoms with van der Waals surface area (Å²) in [6.45, 7) is 5.29. The number of aromatic nitrogens is 2. The molecule has 2 aliphatic rings. The van der Waals surface area contributed by atoms with Gasteiger partial charge in [0.2, 0.25) is 5.91 Å². The minimum atomic E-state index is 0.0706. The average Bonchev–Trinajstić information content (AvgIpc) is 3.09. The van der Waals surface area contributed by atoms with Gasteiger partial charge in [0.25, 0.3) is 0 Å². The van der Waals surface area contributed by atoms with Crippen molar-refractivity contribution >= 4 is 23.1 Å². The predicted octanol–water partition coefficient (Wildman–Crippen LogP) is 2.65. The van der Waals surface area contributed by atoms with Gasteiger partial charge in [-0.2, -0.15) is 0 Å². The van der Waals surface area contributed by atoms with Crippen molar-refractivity contribution in [3.63, 3.8) is 0 Å². The number of nitrogens with zero attached hydrogens (tertiary/aromatic N) is 4. The highest BCUT2D eigenvalue weighted by Gasteiger charge is 2.31. The molecule has 0 bridgehead atoms. The van der Waals surface area contributed by atoms with E-state index < -0.39 is 0 Å². The van der Waals surface area contributed by atoms with E-state index in [-0.39, 0.29) is 5.92 Å². The molecule has 2 aromatic rings. The second-order valence-corrected chi connectivity index (χ2v) is 7.68. The minimum Gasteiger partial charge on any atom is -0.355 e. The standard InChI is InChI=1S/C18H22N4OS/c1-13-9-19-10-17(20-13)21-6-2-3-15(12-21)18(23)22-7-4-16-14(11-22)5-8-24-16/h5,8-10,15H,2-4,6-7,11-12H2,1H3. The molecule has 4 rings (SSSR count). The lowest BCUT2D eigenvalue weighted by atomic mass is 9.95. The maximum Gasteiger partial charge on any atom is 0.227 e. The van der Waals surface area contributed by atoms with Gasteiger partial charge in [0.05, 0.1) is 17.8 Å². The molecule has 1 atom stereocenters. The second-order valence-electron chi connectivity index (χ2n) is 6.68. The maximum absolute atomic E-state index is 13.0. The fourth-order valence-corrected chi connectivity index (χ4v) is 4.57. The summed E-state index contributed by atoms with van der Waals surface area (Å²) in [6.07, 6.45) is 6.57. The SMILES string of the molecule is Cc1cncc(N2CCCC(C(=O)N3CCc4sccc4C3)C2)n1. The van der Waals surface area contributed by atoms with Crippen molar-refractivity contribution in [2.24, 2.45) is 5.92 Å². The number of thiophene rings is 1. The van der Waals surface area contributed by atoms with Gasteiger partial charge < -0.3 is 9.80 Å². The third-order valence-electron chi connectivity index (χ3n) is 4.96. The van der Waals surface area contributed by atoms with E-state index in [0.29, 0.717) is 5.91 Å². The largest absolute Gasteiger partial charge is 0.355 e. The van der Waals surface area contributed by atoms with E-state index in [1.54, 1.807) is 12.4 Å². The smallest absolute Gasteiger partial charge is 0.227 e. The first-order chi connectivity index (χ1) is 11.7. The summed E-state index contributed by atoms with van der Waals surface area (Å²) in [5, 5.41) is 2.14. The van der Waals surface area contributed by atoms with Gasteiger partial charge in [-0.25, -0.2) is 4.98 Å². The summed E-state index contributed by atoms with van der Waals surface area (Å²) in [6, 6.07) is 2.16. The van der Waals surface area contributed by atoms with Crippen LogP contribution in [0.15, 0.2) is 23.8 Å². The number of piperidine rings is 1. The molecule has 2 aromatic heterocycles. The first-order valence-electron chi connectivity index (χ1n) is 8.58. The van der Waals surface area contributed by atoms with Gasteiger partial charge in [0, 0.05) is 37.3 Å². The Kier molecular flexibility index (Phi) is 4.22. The van der Waals surface area contributed by atoms with E-state index in [1.165, 1.54) is 10.4 Å². The third-order valence-corrected chi connectivity index (χ3v) is 5.98. The van der Waals surface area contributed by atoms with Gasteiger partial charge >= 0.3 is 0 Å². The summed E-state index contributed by atoms with van der Waals surface area (Å²) in [4.78, 5) is 27.5. The summed E-state index contributed by atoms with van der Waals surface area (Å²) >= 11 is 1.81. The zero-order valence-electron chi connectivity index (χ0n) is 13.9. The van der Waals surface area contributed by atoms with Gasteiger partial charge in [-0.05, 0) is 43.2 Å². The predicted molar refractivity (Wildman–Crippen MR) is 95.1 cm³/mol. The number of rotatable bonds is 2. The van der Waals surface area contributed by atoms with Crippen molar-refractivity contribution in [1.29, 1.82) is 0 Å². The van der Waals surface area contributed by atoms with Crippen LogP contribution >= 0.6 is 11.3 Å². The van der Waals surface area contributed by atoms with E-state index in [4.69, 9.17) is 0 Å². The topological polar surface area (TPSA) is 49.3 Å². The van der Waals surface area contributed by atoms with E-state index >= 15 is 0 Å². The van der Waals surface area contributed by atoms with Crippen LogP contribution in [-0.4, -0.2) is 40.4 Å². The zero-order valence-corrected chi connectivity index (χ0v) is 14.8. The molecular formula is C18H22N4OS. The number of amides is 1. The maximum atomic E-state index is 13.0. The lowest BCUT2D eigenvalue weighted by molar-refractivity contribution is -0.136. The molecular weight excluding hydrogens is 320 g/mol. The molecule has 1 unspecified atom stereocenters. The van der Waals surface area contributed by atoms with Gasteiger partial charge in [-0.1, -0.05) is 0 Å². The summed E-state index contributed by atoms with van der Waals surface area (Å²) < 4.78 is 0. The fourth-order valence-electron chi connectivity index (χ4n) is 3.68. The number of carbonyl (C=O) groups excluding carboxylic acids is 1. The van der Waals surface area contributed by atoms with Crippen molar-refractivity contribution in [2.45, 2.75) is 32.7 Å². The number of hydrogen-bond donors (Lipinski definition) is 0. The molecule has 5 nitrogen and oxygen atoms in total. The highest BCUT2D eigenvalue weighted by atomic mass is 32.1. The number of hydrogen-bond acceptors (Lipinski definition) is 5. The number of carbonyl (C=O) groups is 1. The van der Waals surface area contributed by atoms with Gasteiger partial charge in [-0.15, -0.1) is 11.3 Å². The lowest BCUT2D eigenvalue weighted by Crippen LogP contribution is -2.46. The van der Waals surface area contributed by atoms with Crippen molar-refractivity contribution in [3.8, 4) is 0 Å². The summed E-state index contributed by atoms with van der Waals surface area (Å²) in [5.41, 5.74) is 2.25. The van der Waals surface area contributed by atoms with E-state index in [1.807, 2.05) is 23.2 Å². The Labute approximate surface area is 146 Å². The first kappa shape index (κ1) is 15.6. The zero-order chi connectivity index (χ0) is 16.5. The van der Waals surface area contributed by atoms with Crippen LogP contribution in [0, 0.1) is 12.8 Å². The van der Waals surface area contributed by atoms with Crippen LogP contribution in [0.3, 0.4) is 0 Å². The molecule has 0 saturated carbocycles. The Morgan fingerprint density at radius 1 is 1.33 bits per heavy atom. The van der Waals surface area contributed by atoms with E-state index in [9.17, 15) is 4.79 Å².